The van der Waals surface area contributed by atoms with Gasteiger partial charge in [0.15, 0.2) is 22.8 Å². The SMILES string of the molecule is COC12C(COC(N)=O)C3=C(C(=O)C=C(NCCSSCC(NC(=O)C(CC(=O)O)NC(=O)C(CCCN=C(N)N)NC(=O)C(CC(=O)O)NC(=O)CCC(C)NC(=O)c4ccc(NCc5cnc6nc(N)[nH]c(=O)c6n5)cc4)C(=O)O)C3=O)N1CC1NC12. The van der Waals surface area contributed by atoms with Gasteiger partial charge in [-0.3, -0.25) is 57.9 Å². The molecule has 2 saturated heterocycles. The Morgan fingerprint density at radius 3 is 2.17 bits per heavy atom. The maximum absolute atomic E-state index is 13.9. The number of Topliss-reactive ketones (excluding diaryl/α,β-unsaturated/α-hetero) is 1. The minimum atomic E-state index is -1.94. The molecule has 478 valence electrons. The highest BCUT2D eigenvalue weighted by Crippen LogP contribution is 2.55. The molecule has 0 bridgehead atoms. The second-order valence-electron chi connectivity index (χ2n) is 20.7. The molecule has 0 radical (unpaired) electrons. The van der Waals surface area contributed by atoms with Crippen LogP contribution in [-0.4, -0.2) is 204 Å². The Bertz CT molecular complexity index is 3440. The van der Waals surface area contributed by atoms with Crippen LogP contribution in [0.25, 0.3) is 11.2 Å². The number of aliphatic imine (C=N–C) groups is 1. The van der Waals surface area contributed by atoms with Gasteiger partial charge in [-0.25, -0.2) is 19.6 Å². The number of ether oxygens (including phenoxy) is 2. The van der Waals surface area contributed by atoms with Gasteiger partial charge in [0.1, 0.15) is 30.8 Å². The molecule has 1 aromatic carbocycles. The Kier molecular flexibility index (Phi) is 22.4. The summed E-state index contributed by atoms with van der Waals surface area (Å²) in [4.78, 5) is 175. The zero-order valence-electron chi connectivity index (χ0n) is 47.7. The van der Waals surface area contributed by atoms with E-state index in [1.165, 1.54) is 25.4 Å². The lowest BCUT2D eigenvalue weighted by Gasteiger charge is -2.39. The number of ketones is 2. The number of carbonyl (C=O) groups is 11. The van der Waals surface area contributed by atoms with E-state index in [9.17, 15) is 72.9 Å². The number of H-pyrrole nitrogens is 1. The van der Waals surface area contributed by atoms with Crippen LogP contribution in [0.5, 0.6) is 0 Å². The molecule has 9 unspecified atom stereocenters. The summed E-state index contributed by atoms with van der Waals surface area (Å²) in [5.41, 5.74) is 21.5. The van der Waals surface area contributed by atoms with Crippen LogP contribution in [0.3, 0.4) is 0 Å². The quantitative estimate of drug-likeness (QED) is 0.00673. The summed E-state index contributed by atoms with van der Waals surface area (Å²) in [6.45, 7) is 1.79. The molecule has 1 aliphatic carbocycles. The van der Waals surface area contributed by atoms with Gasteiger partial charge in [-0.2, -0.15) is 4.98 Å². The van der Waals surface area contributed by atoms with Crippen LogP contribution < -0.4 is 71.0 Å². The number of nitrogens with zero attached hydrogens (tertiary/aromatic N) is 5. The van der Waals surface area contributed by atoms with Gasteiger partial charge in [0.25, 0.3) is 11.5 Å². The predicted molar refractivity (Wildman–Crippen MR) is 316 cm³/mol. The molecular formula is C52H66N18O17S2. The van der Waals surface area contributed by atoms with Crippen LogP contribution in [0.15, 0.2) is 63.3 Å². The number of carboxylic acids is 3. The summed E-state index contributed by atoms with van der Waals surface area (Å²) in [5, 5.41) is 50.6. The van der Waals surface area contributed by atoms with E-state index in [2.05, 4.69) is 67.5 Å². The van der Waals surface area contributed by atoms with E-state index in [-0.39, 0.29) is 121 Å². The average molecular weight is 1280 g/mol. The number of hydrogen-bond donors (Lipinski definition) is 16. The van der Waals surface area contributed by atoms with Crippen molar-refractivity contribution in [2.75, 3.05) is 55.9 Å². The summed E-state index contributed by atoms with van der Waals surface area (Å²) in [5.74, 6) is -11.9. The highest BCUT2D eigenvalue weighted by Gasteiger charge is 2.72. The van der Waals surface area contributed by atoms with Crippen LogP contribution in [0.1, 0.15) is 61.5 Å². The molecule has 6 amide bonds. The van der Waals surface area contributed by atoms with E-state index in [0.717, 1.165) is 27.7 Å². The first-order valence-corrected chi connectivity index (χ1v) is 29.9. The van der Waals surface area contributed by atoms with Crippen molar-refractivity contribution in [2.24, 2.45) is 28.1 Å². The van der Waals surface area contributed by atoms with E-state index in [1.807, 2.05) is 0 Å². The number of carboxylic acid groups (broad SMARTS) is 3. The average Bonchev–Trinajstić information content (AvgIpc) is 1.51. The highest BCUT2D eigenvalue weighted by atomic mass is 33.1. The number of benzene rings is 1. The Labute approximate surface area is 512 Å². The van der Waals surface area contributed by atoms with Crippen molar-refractivity contribution in [1.29, 1.82) is 0 Å². The van der Waals surface area contributed by atoms with Gasteiger partial charge >= 0.3 is 24.0 Å². The monoisotopic (exact) mass is 1280 g/mol. The summed E-state index contributed by atoms with van der Waals surface area (Å²) in [7, 11) is 3.52. The fourth-order valence-corrected chi connectivity index (χ4v) is 12.2. The van der Waals surface area contributed by atoms with Crippen LogP contribution in [0.4, 0.5) is 16.4 Å². The van der Waals surface area contributed by atoms with Crippen LogP contribution in [0, 0.1) is 5.92 Å². The Morgan fingerprint density at radius 2 is 1.52 bits per heavy atom. The standard InChI is InChI=1S/C52H66N18O17S2/c1-22(61-43(78)23-6-8-24(9-7-23)59-17-25-18-60-42-38(62-25)47(82)69-50(55)68-42)5-10-34(72)63-29(15-35(73)74)45(80)65-27(4-3-11-58-49(53)54)44(79)66-30(16-36(75)76)46(81)67-32(48(83)84)21-89-88-13-12-57-28-14-33(71)39-37(40(28)77)26(20-87-51(56)85)52(86-2)41-31(64-41)19-70(39)52/h6-9,14,18,22,26-27,29-32,41,57,59,64H,3-5,10-13,15-17,19-21H2,1-2H3,(H2,56,85)(H,61,78)(H,63,72)(H,65,80)(H,66,79)(H,67,81)(H,73,74)(H,75,76)(H,83,84)(H4,53,54,58)(H3,55,60,68,69,82). The third kappa shape index (κ3) is 17.1. The summed E-state index contributed by atoms with van der Waals surface area (Å²) >= 11 is 0. The van der Waals surface area contributed by atoms with E-state index in [0.29, 0.717) is 17.9 Å². The molecule has 9 atom stereocenters. The third-order valence-electron chi connectivity index (χ3n) is 14.4. The van der Waals surface area contributed by atoms with E-state index in [1.54, 1.807) is 24.0 Å². The molecule has 0 spiro atoms. The second-order valence-corrected chi connectivity index (χ2v) is 23.3. The number of aliphatic carboxylic acids is 3. The summed E-state index contributed by atoms with van der Waals surface area (Å²) in [6, 6.07) is -1.61. The lowest BCUT2D eigenvalue weighted by atomic mass is 9.84. The normalized spacial score (nSPS) is 19.6. The first-order chi connectivity index (χ1) is 42.3. The smallest absolute Gasteiger partial charge is 0.404 e. The number of carbonyl (C=O) groups excluding carboxylic acids is 8. The number of hydrogen-bond acceptors (Lipinski definition) is 25. The zero-order chi connectivity index (χ0) is 64.9. The Balaban J connectivity index is 0.885. The molecule has 7 rings (SSSR count). The number of methoxy groups -OCH3 is 1. The van der Waals surface area contributed by atoms with Crippen molar-refractivity contribution in [2.45, 2.75) is 100 Å². The minimum Gasteiger partial charge on any atom is -0.481 e. The lowest BCUT2D eigenvalue weighted by Crippen LogP contribution is -2.58. The number of primary amides is 1. The van der Waals surface area contributed by atoms with Gasteiger partial charge in [-0.15, -0.1) is 0 Å². The Hall–Kier alpha value is -9.62. The maximum atomic E-state index is 13.9. The molecule has 3 aliphatic heterocycles. The van der Waals surface area contributed by atoms with Gasteiger partial charge < -0.3 is 95.2 Å². The number of anilines is 2. The zero-order valence-corrected chi connectivity index (χ0v) is 49.3. The van der Waals surface area contributed by atoms with Crippen molar-refractivity contribution < 1.29 is 77.5 Å². The first kappa shape index (κ1) is 66.9. The third-order valence-corrected chi connectivity index (χ3v) is 16.8. The second kappa shape index (κ2) is 29.9. The van der Waals surface area contributed by atoms with Crippen molar-refractivity contribution in [1.82, 2.24) is 62.1 Å². The molecule has 2 fully saturated rings. The van der Waals surface area contributed by atoms with Gasteiger partial charge in [-0.1, -0.05) is 21.6 Å². The van der Waals surface area contributed by atoms with Crippen LogP contribution >= 0.6 is 21.6 Å². The minimum absolute atomic E-state index is 0.00663. The lowest BCUT2D eigenvalue weighted by molar-refractivity contribution is -0.143. The number of fused-ring (bicyclic) bond motifs is 5. The summed E-state index contributed by atoms with van der Waals surface area (Å²) in [6.07, 6.45) is -1.17. The largest absolute Gasteiger partial charge is 0.481 e. The molecule has 0 saturated carbocycles. The van der Waals surface area contributed by atoms with E-state index in [4.69, 9.17) is 32.4 Å². The number of rotatable bonds is 34. The molecular weight excluding hydrogens is 1210 g/mol. The van der Waals surface area contributed by atoms with Crippen LogP contribution in [-0.2, 0) is 59.2 Å². The number of piperazine rings is 1. The molecule has 4 aliphatic rings. The highest BCUT2D eigenvalue weighted by molar-refractivity contribution is 8.76. The number of aromatic nitrogens is 4. The van der Waals surface area contributed by atoms with Gasteiger partial charge in [0, 0.05) is 79.7 Å². The number of allylic oxidation sites excluding steroid dienone is 2. The number of amides is 6. The first-order valence-electron chi connectivity index (χ1n) is 27.4. The van der Waals surface area contributed by atoms with Gasteiger partial charge in [0.05, 0.1) is 54.6 Å². The number of aromatic amines is 1. The van der Waals surface area contributed by atoms with Crippen molar-refractivity contribution >= 4 is 115 Å². The van der Waals surface area contributed by atoms with Gasteiger partial charge in [-0.05, 0) is 50.5 Å². The van der Waals surface area contributed by atoms with E-state index < -0.39 is 125 Å². The molecule has 20 N–H and O–H groups in total. The fraction of sp³-hybridized carbons (Fsp3) is 0.462. The van der Waals surface area contributed by atoms with Crippen molar-refractivity contribution in [3.8, 4) is 0 Å². The molecule has 37 heteroatoms. The number of guanidine groups is 1. The molecule has 5 heterocycles. The fourth-order valence-electron chi connectivity index (χ4n) is 10.2. The Morgan fingerprint density at radius 1 is 0.854 bits per heavy atom. The van der Waals surface area contributed by atoms with Crippen LogP contribution in [0.2, 0.25) is 0 Å². The molecule has 2 aromatic heterocycles. The molecule has 3 aromatic rings. The molecule has 35 nitrogen and oxygen atoms in total. The number of nitrogens with two attached hydrogens (primary N) is 4. The number of nitrogen functional groups attached to an aromatic ring is 1. The maximum Gasteiger partial charge on any atom is 0.404 e. The number of nitrogens with one attached hydrogen (secondary N) is 9. The molecule has 89 heavy (non-hydrogen) atoms. The van der Waals surface area contributed by atoms with Crippen molar-refractivity contribution in [3.05, 3.63) is 75.1 Å². The topological polar surface area (TPSA) is 564 Å². The van der Waals surface area contributed by atoms with Crippen molar-refractivity contribution in [3.63, 3.8) is 0 Å². The van der Waals surface area contributed by atoms with Gasteiger partial charge in [0.2, 0.25) is 41.1 Å². The van der Waals surface area contributed by atoms with E-state index >= 15 is 0 Å². The summed E-state index contributed by atoms with van der Waals surface area (Å²) < 4.78 is 11.1. The predicted octanol–water partition coefficient (Wildman–Crippen LogP) is -4.18.